The Balaban J connectivity index is 2.07. The Kier molecular flexibility index (Phi) is 8.95. The molecule has 2 aromatic carbocycles. The van der Waals surface area contributed by atoms with Gasteiger partial charge in [-0.15, -0.1) is 0 Å². The Morgan fingerprint density at radius 1 is 1.20 bits per heavy atom. The van der Waals surface area contributed by atoms with E-state index in [-0.39, 0.29) is 36.0 Å². The van der Waals surface area contributed by atoms with Crippen molar-refractivity contribution in [2.45, 2.75) is 33.3 Å². The second kappa shape index (κ2) is 11.7. The van der Waals surface area contributed by atoms with Gasteiger partial charge in [-0.2, -0.15) is 5.26 Å². The van der Waals surface area contributed by atoms with Gasteiger partial charge in [0.1, 0.15) is 24.0 Å². The van der Waals surface area contributed by atoms with Crippen LogP contribution in [0.4, 0.5) is 0 Å². The number of ether oxygens (including phenoxy) is 4. The molecule has 10 heteroatoms. The summed E-state index contributed by atoms with van der Waals surface area (Å²) in [6.45, 7) is 5.81. The Bertz CT molecular complexity index is 1250. The minimum Gasteiger partial charge on any atom is -0.490 e. The molecule has 184 valence electrons. The topological polar surface area (TPSA) is 104 Å². The molecule has 0 radical (unpaired) electrons. The summed E-state index contributed by atoms with van der Waals surface area (Å²) >= 11 is 15.8. The van der Waals surface area contributed by atoms with Crippen LogP contribution < -0.4 is 15.2 Å². The van der Waals surface area contributed by atoms with Crippen LogP contribution in [0.2, 0.25) is 10.0 Å². The summed E-state index contributed by atoms with van der Waals surface area (Å²) in [4.78, 5) is 12.8. The zero-order valence-electron chi connectivity index (χ0n) is 19.3. The Morgan fingerprint density at radius 2 is 1.94 bits per heavy atom. The highest BCUT2D eigenvalue weighted by Gasteiger charge is 2.37. The molecule has 0 bridgehead atoms. The van der Waals surface area contributed by atoms with Crippen molar-refractivity contribution in [3.8, 4) is 17.6 Å². The third-order valence-electron chi connectivity index (χ3n) is 5.15. The van der Waals surface area contributed by atoms with Gasteiger partial charge < -0.3 is 24.7 Å². The van der Waals surface area contributed by atoms with Gasteiger partial charge in [0.05, 0.1) is 29.2 Å². The van der Waals surface area contributed by atoms with Crippen molar-refractivity contribution in [2.75, 3.05) is 13.2 Å². The molecule has 0 amide bonds. The monoisotopic (exact) mass is 580 g/mol. The number of allylic oxidation sites excluding steroid dienone is 2. The number of hydrogen-bond donors (Lipinski definition) is 1. The molecule has 1 heterocycles. The van der Waals surface area contributed by atoms with Gasteiger partial charge in [-0.05, 0) is 66.5 Å². The molecule has 1 atom stereocenters. The fourth-order valence-corrected chi connectivity index (χ4v) is 4.67. The van der Waals surface area contributed by atoms with Gasteiger partial charge in [-0.1, -0.05) is 29.3 Å². The summed E-state index contributed by atoms with van der Waals surface area (Å²) in [7, 11) is 0. The number of esters is 1. The first-order chi connectivity index (χ1) is 16.7. The van der Waals surface area contributed by atoms with E-state index in [0.717, 1.165) is 5.56 Å². The quantitative estimate of drug-likeness (QED) is 0.361. The zero-order chi connectivity index (χ0) is 25.7. The molecule has 0 spiro atoms. The van der Waals surface area contributed by atoms with Crippen molar-refractivity contribution >= 4 is 45.1 Å². The lowest BCUT2D eigenvalue weighted by atomic mass is 9.83. The standard InChI is InChI=1S/C25H23BrCl2N2O5/c1-4-32-20-9-15(8-18(26)23(20)34-12-14-6-7-16(27)10-19(14)28)22-17(11-29)24(30)35-13(3)21(22)25(31)33-5-2/h6-10,22H,4-5,12,30H2,1-3H3/t22-/m1/s1. The number of benzene rings is 2. The van der Waals surface area contributed by atoms with E-state index in [2.05, 4.69) is 22.0 Å². The maximum absolute atomic E-state index is 12.8. The van der Waals surface area contributed by atoms with Gasteiger partial charge in [0.25, 0.3) is 0 Å². The molecule has 0 aromatic heterocycles. The fourth-order valence-electron chi connectivity index (χ4n) is 3.63. The van der Waals surface area contributed by atoms with E-state index < -0.39 is 11.9 Å². The van der Waals surface area contributed by atoms with Gasteiger partial charge in [0.15, 0.2) is 11.5 Å². The molecule has 3 rings (SSSR count). The summed E-state index contributed by atoms with van der Waals surface area (Å²) in [6.07, 6.45) is 0. The number of hydrogen-bond acceptors (Lipinski definition) is 7. The van der Waals surface area contributed by atoms with Crippen molar-refractivity contribution in [2.24, 2.45) is 5.73 Å². The van der Waals surface area contributed by atoms with E-state index in [0.29, 0.717) is 38.2 Å². The zero-order valence-corrected chi connectivity index (χ0v) is 22.4. The van der Waals surface area contributed by atoms with Gasteiger partial charge in [0.2, 0.25) is 5.88 Å². The van der Waals surface area contributed by atoms with Crippen LogP contribution in [0.15, 0.2) is 57.6 Å². The molecule has 0 fully saturated rings. The van der Waals surface area contributed by atoms with Gasteiger partial charge in [0, 0.05) is 15.6 Å². The highest BCUT2D eigenvalue weighted by molar-refractivity contribution is 9.10. The van der Waals surface area contributed by atoms with Crippen molar-refractivity contribution in [1.29, 1.82) is 5.26 Å². The molecule has 1 aliphatic rings. The number of nitrogens with zero attached hydrogens (tertiary/aromatic N) is 1. The molecule has 2 N–H and O–H groups in total. The lowest BCUT2D eigenvalue weighted by molar-refractivity contribution is -0.139. The van der Waals surface area contributed by atoms with Crippen molar-refractivity contribution in [3.05, 3.63) is 78.8 Å². The van der Waals surface area contributed by atoms with Crippen LogP contribution in [0.1, 0.15) is 37.8 Å². The average molecular weight is 582 g/mol. The second-order valence-corrected chi connectivity index (χ2v) is 9.10. The fraction of sp³-hybridized carbons (Fsp3) is 0.280. The molecule has 0 aliphatic carbocycles. The van der Waals surface area contributed by atoms with Crippen LogP contribution >= 0.6 is 39.1 Å². The van der Waals surface area contributed by atoms with Crippen LogP contribution in [-0.2, 0) is 20.9 Å². The first-order valence-electron chi connectivity index (χ1n) is 10.7. The SMILES string of the molecule is CCOC(=O)C1=C(C)OC(N)=C(C#N)[C@H]1c1cc(Br)c(OCc2ccc(Cl)cc2Cl)c(OCC)c1. The normalized spacial score (nSPS) is 15.4. The number of halogens is 3. The number of carbonyl (C=O) groups excluding carboxylic acids is 1. The van der Waals surface area contributed by atoms with Crippen LogP contribution in [0.25, 0.3) is 0 Å². The first-order valence-corrected chi connectivity index (χ1v) is 12.2. The number of rotatable bonds is 8. The van der Waals surface area contributed by atoms with Gasteiger partial charge >= 0.3 is 5.97 Å². The number of nitriles is 1. The van der Waals surface area contributed by atoms with Gasteiger partial charge in [-0.25, -0.2) is 4.79 Å². The third-order valence-corrected chi connectivity index (χ3v) is 6.33. The van der Waals surface area contributed by atoms with E-state index in [4.69, 9.17) is 47.9 Å². The van der Waals surface area contributed by atoms with E-state index in [9.17, 15) is 10.1 Å². The smallest absolute Gasteiger partial charge is 0.338 e. The molecule has 2 aromatic rings. The second-order valence-electron chi connectivity index (χ2n) is 7.40. The molecule has 0 saturated heterocycles. The lowest BCUT2D eigenvalue weighted by Crippen LogP contribution is -2.25. The van der Waals surface area contributed by atoms with E-state index >= 15 is 0 Å². The van der Waals surface area contributed by atoms with Crippen molar-refractivity contribution in [1.82, 2.24) is 0 Å². The highest BCUT2D eigenvalue weighted by Crippen LogP contribution is 2.45. The van der Waals surface area contributed by atoms with Crippen LogP contribution in [-0.4, -0.2) is 19.2 Å². The molecule has 7 nitrogen and oxygen atoms in total. The highest BCUT2D eigenvalue weighted by atomic mass is 79.9. The summed E-state index contributed by atoms with van der Waals surface area (Å²) in [5.74, 6) is -0.385. The summed E-state index contributed by atoms with van der Waals surface area (Å²) < 4.78 is 23.2. The number of carbonyl (C=O) groups is 1. The maximum atomic E-state index is 12.8. The van der Waals surface area contributed by atoms with Crippen molar-refractivity contribution < 1.29 is 23.7 Å². The Labute approximate surface area is 222 Å². The van der Waals surface area contributed by atoms with Crippen molar-refractivity contribution in [3.63, 3.8) is 0 Å². The predicted octanol–water partition coefficient (Wildman–Crippen LogP) is 6.38. The first kappa shape index (κ1) is 26.7. The average Bonchev–Trinajstić information content (AvgIpc) is 2.79. The van der Waals surface area contributed by atoms with E-state index in [1.54, 1.807) is 44.2 Å². The molecule has 35 heavy (non-hydrogen) atoms. The summed E-state index contributed by atoms with van der Waals surface area (Å²) in [5.41, 5.74) is 7.60. The largest absolute Gasteiger partial charge is 0.490 e. The van der Waals surface area contributed by atoms with Gasteiger partial charge in [-0.3, -0.25) is 0 Å². The molecular weight excluding hydrogens is 559 g/mol. The summed E-state index contributed by atoms with van der Waals surface area (Å²) in [5, 5.41) is 10.8. The van der Waals surface area contributed by atoms with E-state index in [1.807, 2.05) is 6.92 Å². The molecule has 1 aliphatic heterocycles. The minimum absolute atomic E-state index is 0.0742. The Morgan fingerprint density at radius 3 is 2.57 bits per heavy atom. The van der Waals surface area contributed by atoms with Crippen LogP contribution in [0, 0.1) is 11.3 Å². The van der Waals surface area contributed by atoms with Crippen LogP contribution in [0.3, 0.4) is 0 Å². The lowest BCUT2D eigenvalue weighted by Gasteiger charge is -2.27. The summed E-state index contributed by atoms with van der Waals surface area (Å²) in [6, 6.07) is 10.7. The predicted molar refractivity (Wildman–Crippen MR) is 136 cm³/mol. The van der Waals surface area contributed by atoms with E-state index in [1.165, 1.54) is 0 Å². The number of nitrogens with two attached hydrogens (primary N) is 1. The Hall–Kier alpha value is -2.86. The maximum Gasteiger partial charge on any atom is 0.338 e. The molecular formula is C25H23BrCl2N2O5. The molecule has 0 saturated carbocycles. The minimum atomic E-state index is -0.817. The third kappa shape index (κ3) is 5.87. The van der Waals surface area contributed by atoms with Crippen LogP contribution in [0.5, 0.6) is 11.5 Å². The molecule has 0 unspecified atom stereocenters.